The van der Waals surface area contributed by atoms with Crippen LogP contribution in [0.3, 0.4) is 0 Å². The number of aromatic nitrogens is 2. The Morgan fingerprint density at radius 3 is 2.25 bits per heavy atom. The zero-order chi connectivity index (χ0) is 28.8. The van der Waals surface area contributed by atoms with Crippen molar-refractivity contribution in [2.45, 2.75) is 9.79 Å². The highest BCUT2D eigenvalue weighted by molar-refractivity contribution is 7.99. The van der Waals surface area contributed by atoms with Gasteiger partial charge in [-0.2, -0.15) is 0 Å². The fourth-order valence-electron chi connectivity index (χ4n) is 8.54. The van der Waals surface area contributed by atoms with Crippen LogP contribution in [0.4, 0.5) is 0 Å². The van der Waals surface area contributed by atoms with Gasteiger partial charge < -0.3 is 13.5 Å². The molecule has 206 valence electrons. The van der Waals surface area contributed by atoms with Crippen molar-refractivity contribution < 1.29 is 4.42 Å². The Balaban J connectivity index is 1.48. The van der Waals surface area contributed by atoms with E-state index >= 15 is 0 Å². The fraction of sp³-hybridized carbons (Fsp3) is 0.0526. The molecular formula is C38H23BN2OS2. The van der Waals surface area contributed by atoms with Gasteiger partial charge in [-0.1, -0.05) is 66.7 Å². The lowest BCUT2D eigenvalue weighted by Gasteiger charge is -2.34. The van der Waals surface area contributed by atoms with Gasteiger partial charge in [-0.15, -0.1) is 23.5 Å². The molecule has 0 bridgehead atoms. The summed E-state index contributed by atoms with van der Waals surface area (Å²) in [6, 6.07) is 38.2. The van der Waals surface area contributed by atoms with Gasteiger partial charge in [0.2, 0.25) is 0 Å². The van der Waals surface area contributed by atoms with Gasteiger partial charge in [0.05, 0.1) is 11.0 Å². The van der Waals surface area contributed by atoms with Crippen LogP contribution in [-0.2, 0) is 0 Å². The number of furan rings is 1. The first-order chi connectivity index (χ1) is 21.8. The quantitative estimate of drug-likeness (QED) is 0.146. The molecule has 0 saturated heterocycles. The summed E-state index contributed by atoms with van der Waals surface area (Å²) in [5.41, 5.74) is 13.6. The molecule has 6 heteroatoms. The van der Waals surface area contributed by atoms with Crippen molar-refractivity contribution in [2.24, 2.45) is 0 Å². The molecule has 0 spiro atoms. The summed E-state index contributed by atoms with van der Waals surface area (Å²) < 4.78 is 11.9. The number of para-hydroxylation sites is 3. The van der Waals surface area contributed by atoms with Crippen LogP contribution in [0.5, 0.6) is 0 Å². The number of hydrogen-bond donors (Lipinski definition) is 0. The zero-order valence-corrected chi connectivity index (χ0v) is 25.6. The van der Waals surface area contributed by atoms with E-state index in [1.807, 2.05) is 23.5 Å². The van der Waals surface area contributed by atoms with Crippen molar-refractivity contribution in [3.8, 4) is 16.8 Å². The highest BCUT2D eigenvalue weighted by atomic mass is 32.2. The summed E-state index contributed by atoms with van der Waals surface area (Å²) in [4.78, 5) is 2.64. The number of benzene rings is 6. The third kappa shape index (κ3) is 2.60. The number of hydrogen-bond acceptors (Lipinski definition) is 3. The minimum absolute atomic E-state index is 0.0308. The highest BCUT2D eigenvalue weighted by Gasteiger charge is 2.43. The second-order valence-corrected chi connectivity index (χ2v) is 13.6. The van der Waals surface area contributed by atoms with E-state index < -0.39 is 0 Å². The molecule has 0 radical (unpaired) electrons. The summed E-state index contributed by atoms with van der Waals surface area (Å²) in [7, 11) is 0. The smallest absolute Gasteiger partial charge is 0.333 e. The minimum Gasteiger partial charge on any atom is -0.456 e. The predicted molar refractivity (Wildman–Crippen MR) is 190 cm³/mol. The van der Waals surface area contributed by atoms with Gasteiger partial charge in [0, 0.05) is 70.5 Å². The van der Waals surface area contributed by atoms with Gasteiger partial charge in [-0.25, -0.2) is 0 Å². The summed E-state index contributed by atoms with van der Waals surface area (Å²) >= 11 is 3.67. The van der Waals surface area contributed by atoms with E-state index in [0.29, 0.717) is 0 Å². The van der Waals surface area contributed by atoms with Crippen LogP contribution in [0.2, 0.25) is 0 Å². The topological polar surface area (TPSA) is 23.0 Å². The van der Waals surface area contributed by atoms with Crippen LogP contribution in [0.25, 0.3) is 82.4 Å². The molecule has 0 atom stereocenters. The van der Waals surface area contributed by atoms with Crippen molar-refractivity contribution in [1.82, 2.24) is 9.05 Å². The Morgan fingerprint density at radius 2 is 1.36 bits per heavy atom. The Bertz CT molecular complexity index is 2770. The molecule has 44 heavy (non-hydrogen) atoms. The van der Waals surface area contributed by atoms with Gasteiger partial charge in [-0.3, -0.25) is 0 Å². The molecule has 2 aliphatic rings. The fourth-order valence-corrected chi connectivity index (χ4v) is 9.77. The van der Waals surface area contributed by atoms with Crippen LogP contribution < -0.4 is 10.9 Å². The molecule has 3 nitrogen and oxygen atoms in total. The van der Waals surface area contributed by atoms with Crippen LogP contribution in [0.15, 0.2) is 117 Å². The Morgan fingerprint density at radius 1 is 0.614 bits per heavy atom. The summed E-state index contributed by atoms with van der Waals surface area (Å²) in [5, 5.41) is 7.71. The molecule has 0 fully saturated rings. The summed E-state index contributed by atoms with van der Waals surface area (Å²) in [5.74, 6) is 0. The van der Waals surface area contributed by atoms with E-state index in [0.717, 1.165) is 11.2 Å². The Kier molecular flexibility index (Phi) is 4.42. The molecule has 5 heterocycles. The molecular weight excluding hydrogens is 575 g/mol. The second kappa shape index (κ2) is 8.14. The van der Waals surface area contributed by atoms with Crippen LogP contribution in [-0.4, -0.2) is 28.4 Å². The molecule has 0 N–H and O–H groups in total. The average molecular weight is 599 g/mol. The van der Waals surface area contributed by atoms with E-state index in [1.54, 1.807) is 0 Å². The van der Waals surface area contributed by atoms with Crippen molar-refractivity contribution in [3.63, 3.8) is 0 Å². The maximum atomic E-state index is 6.70. The third-order valence-corrected chi connectivity index (χ3v) is 11.6. The van der Waals surface area contributed by atoms with Gasteiger partial charge in [0.15, 0.2) is 0 Å². The molecule has 9 aromatic rings. The molecule has 2 aliphatic heterocycles. The summed E-state index contributed by atoms with van der Waals surface area (Å²) in [6.07, 6.45) is 4.40. The minimum atomic E-state index is 0.0308. The third-order valence-electron chi connectivity index (χ3n) is 10.1. The molecule has 3 aromatic heterocycles. The van der Waals surface area contributed by atoms with E-state index in [1.165, 1.54) is 91.9 Å². The lowest BCUT2D eigenvalue weighted by Crippen LogP contribution is -2.55. The van der Waals surface area contributed by atoms with E-state index in [4.69, 9.17) is 4.42 Å². The van der Waals surface area contributed by atoms with Gasteiger partial charge in [-0.05, 0) is 59.3 Å². The maximum Gasteiger partial charge on any atom is 0.333 e. The summed E-state index contributed by atoms with van der Waals surface area (Å²) in [6.45, 7) is 0.0308. The van der Waals surface area contributed by atoms with Crippen molar-refractivity contribution in [3.05, 3.63) is 103 Å². The maximum absolute atomic E-state index is 6.70. The molecule has 0 unspecified atom stereocenters. The number of nitrogens with zero attached hydrogens (tertiary/aromatic N) is 2. The molecule has 6 aromatic carbocycles. The monoisotopic (exact) mass is 598 g/mol. The van der Waals surface area contributed by atoms with E-state index in [9.17, 15) is 0 Å². The van der Waals surface area contributed by atoms with Crippen molar-refractivity contribution in [1.29, 1.82) is 0 Å². The van der Waals surface area contributed by atoms with Crippen molar-refractivity contribution in [2.75, 3.05) is 12.5 Å². The van der Waals surface area contributed by atoms with Crippen LogP contribution >= 0.6 is 23.5 Å². The van der Waals surface area contributed by atoms with E-state index in [-0.39, 0.29) is 6.85 Å². The number of thioether (sulfide) groups is 2. The average Bonchev–Trinajstić information content (AvgIpc) is 3.73. The lowest BCUT2D eigenvalue weighted by atomic mass is 9.45. The predicted octanol–water partition coefficient (Wildman–Crippen LogP) is 9.18. The number of rotatable bonds is 2. The van der Waals surface area contributed by atoms with Crippen LogP contribution in [0.1, 0.15) is 0 Å². The van der Waals surface area contributed by atoms with Gasteiger partial charge in [0.1, 0.15) is 11.2 Å². The first-order valence-electron chi connectivity index (χ1n) is 15.0. The normalized spacial score (nSPS) is 13.4. The highest BCUT2D eigenvalue weighted by Crippen LogP contribution is 2.48. The van der Waals surface area contributed by atoms with Crippen LogP contribution in [0, 0.1) is 0 Å². The number of fused-ring (bicyclic) bond motifs is 14. The first kappa shape index (κ1) is 23.9. The SMILES string of the molecule is CSc1cccc2c1c1c(SC)ccc3c1n2-c1cc2oc4ccccc4c2c2c1B3n1c3ccccc3c3cccc-2c31. The van der Waals surface area contributed by atoms with Gasteiger partial charge >= 0.3 is 6.85 Å². The van der Waals surface area contributed by atoms with Gasteiger partial charge in [0.25, 0.3) is 0 Å². The standard InChI is InChI=1S/C38H23BN2OS2/c1-43-30-16-8-14-26-34(30)35-31(44-2)18-17-24-38(35)40(26)27-19-29-32(22-10-4-6-15-28(22)42-29)33-23-12-7-11-21-20-9-3-5-13-25(20)41(37(21)23)39(24)36(27)33/h3-19H,1-2H3. The second-order valence-electron chi connectivity index (χ2n) is 11.9. The first-order valence-corrected chi connectivity index (χ1v) is 17.4. The molecule has 0 saturated carbocycles. The van der Waals surface area contributed by atoms with Crippen molar-refractivity contribution >= 4 is 107 Å². The molecule has 0 amide bonds. The largest absolute Gasteiger partial charge is 0.456 e. The lowest BCUT2D eigenvalue weighted by molar-refractivity contribution is 0.669. The zero-order valence-electron chi connectivity index (χ0n) is 24.0. The molecule has 0 aliphatic carbocycles. The van der Waals surface area contributed by atoms with E-state index in [2.05, 4.69) is 125 Å². The Labute approximate surface area is 261 Å². The Hall–Kier alpha value is -4.52. The molecule has 11 rings (SSSR count).